The molecule has 0 saturated carbocycles. The second-order valence-corrected chi connectivity index (χ2v) is 6.58. The fraction of sp³-hybridized carbons (Fsp3) is 0.118. The highest BCUT2D eigenvalue weighted by molar-refractivity contribution is 7.14. The number of nitrogens with zero attached hydrogens (tertiary/aromatic N) is 1. The standard InChI is InChI=1S/C17H15N5O5S/c1-8-2-4-9(5-3-8)10-7-28-17(19-10)20-11(23)6-27-15(25)13-12(18)14(24)22-16(26)21-13/h2-5,7H,6,18H2,1H3,(H,19,20,23)(H2,21,22,24,26). The van der Waals surface area contributed by atoms with Crippen molar-refractivity contribution in [2.45, 2.75) is 6.92 Å². The van der Waals surface area contributed by atoms with Crippen molar-refractivity contribution in [1.29, 1.82) is 0 Å². The Morgan fingerprint density at radius 1 is 1.21 bits per heavy atom. The van der Waals surface area contributed by atoms with Gasteiger partial charge in [-0.3, -0.25) is 24.9 Å². The van der Waals surface area contributed by atoms with Crippen LogP contribution in [-0.4, -0.2) is 33.4 Å². The summed E-state index contributed by atoms with van der Waals surface area (Å²) in [5, 5.41) is 4.63. The van der Waals surface area contributed by atoms with Crippen LogP contribution >= 0.6 is 11.3 Å². The van der Waals surface area contributed by atoms with E-state index in [9.17, 15) is 19.2 Å². The molecule has 0 aliphatic rings. The van der Waals surface area contributed by atoms with Crippen LogP contribution in [0.25, 0.3) is 11.3 Å². The van der Waals surface area contributed by atoms with Crippen molar-refractivity contribution in [2.24, 2.45) is 0 Å². The first kappa shape index (κ1) is 19.0. The Morgan fingerprint density at radius 3 is 2.64 bits per heavy atom. The largest absolute Gasteiger partial charge is 0.451 e. The van der Waals surface area contributed by atoms with Crippen LogP contribution in [0.1, 0.15) is 16.1 Å². The molecule has 0 spiro atoms. The zero-order chi connectivity index (χ0) is 20.3. The quantitative estimate of drug-likeness (QED) is 0.461. The molecule has 0 fully saturated rings. The Morgan fingerprint density at radius 2 is 1.93 bits per heavy atom. The van der Waals surface area contributed by atoms with Gasteiger partial charge in [-0.2, -0.15) is 0 Å². The van der Waals surface area contributed by atoms with Crippen LogP contribution in [0.2, 0.25) is 0 Å². The number of ether oxygens (including phenoxy) is 1. The van der Waals surface area contributed by atoms with Crippen LogP contribution in [0.3, 0.4) is 0 Å². The average molecular weight is 401 g/mol. The summed E-state index contributed by atoms with van der Waals surface area (Å²) in [5.41, 5.74) is 5.29. The molecule has 10 nitrogen and oxygen atoms in total. The number of H-pyrrole nitrogens is 2. The van der Waals surface area contributed by atoms with Gasteiger partial charge in [0, 0.05) is 10.9 Å². The topological polar surface area (TPSA) is 160 Å². The van der Waals surface area contributed by atoms with E-state index in [0.717, 1.165) is 11.1 Å². The lowest BCUT2D eigenvalue weighted by molar-refractivity contribution is -0.119. The van der Waals surface area contributed by atoms with Crippen molar-refractivity contribution < 1.29 is 14.3 Å². The molecule has 0 radical (unpaired) electrons. The van der Waals surface area contributed by atoms with Crippen LogP contribution in [0.4, 0.5) is 10.8 Å². The Kier molecular flexibility index (Phi) is 5.36. The highest BCUT2D eigenvalue weighted by atomic mass is 32.1. The maximum Gasteiger partial charge on any atom is 0.357 e. The minimum absolute atomic E-state index is 0.334. The summed E-state index contributed by atoms with van der Waals surface area (Å²) in [6.07, 6.45) is 0. The number of hydrogen-bond donors (Lipinski definition) is 4. The number of esters is 1. The minimum atomic E-state index is -1.10. The molecule has 0 atom stereocenters. The molecular weight excluding hydrogens is 386 g/mol. The number of nitrogens with one attached hydrogen (secondary N) is 3. The number of thiazole rings is 1. The summed E-state index contributed by atoms with van der Waals surface area (Å²) in [5.74, 6) is -1.74. The molecule has 0 aliphatic carbocycles. The number of nitrogen functional groups attached to an aromatic ring is 1. The highest BCUT2D eigenvalue weighted by Crippen LogP contribution is 2.25. The van der Waals surface area contributed by atoms with Gasteiger partial charge in [0.05, 0.1) is 5.69 Å². The summed E-state index contributed by atoms with van der Waals surface area (Å²) in [7, 11) is 0. The number of rotatable bonds is 5. The van der Waals surface area contributed by atoms with Crippen molar-refractivity contribution in [2.75, 3.05) is 17.7 Å². The molecule has 3 rings (SSSR count). The van der Waals surface area contributed by atoms with Crippen LogP contribution < -0.4 is 22.3 Å². The number of aromatic nitrogens is 3. The molecular formula is C17H15N5O5S. The smallest absolute Gasteiger partial charge is 0.357 e. The van der Waals surface area contributed by atoms with E-state index in [4.69, 9.17) is 10.5 Å². The Bertz CT molecular complexity index is 1150. The molecule has 0 aliphatic heterocycles. The van der Waals surface area contributed by atoms with Gasteiger partial charge < -0.3 is 10.5 Å². The van der Waals surface area contributed by atoms with Crippen molar-refractivity contribution in [3.05, 3.63) is 61.7 Å². The number of aromatic amines is 2. The number of nitrogens with two attached hydrogens (primary N) is 1. The van der Waals surface area contributed by atoms with Gasteiger partial charge in [0.2, 0.25) is 0 Å². The molecule has 1 amide bonds. The first-order chi connectivity index (χ1) is 13.3. The van der Waals surface area contributed by atoms with E-state index in [-0.39, 0.29) is 0 Å². The number of aryl methyl sites for hydroxylation is 1. The average Bonchev–Trinajstić information content (AvgIpc) is 3.11. The molecule has 144 valence electrons. The maximum atomic E-state index is 12.0. The van der Waals surface area contributed by atoms with E-state index in [1.54, 1.807) is 5.38 Å². The molecule has 2 aromatic heterocycles. The lowest BCUT2D eigenvalue weighted by Crippen LogP contribution is -2.30. The molecule has 2 heterocycles. The fourth-order valence-corrected chi connectivity index (χ4v) is 2.94. The maximum absolute atomic E-state index is 12.0. The van der Waals surface area contributed by atoms with Crippen LogP contribution in [-0.2, 0) is 9.53 Å². The summed E-state index contributed by atoms with van der Waals surface area (Å²) < 4.78 is 4.78. The van der Waals surface area contributed by atoms with E-state index in [1.165, 1.54) is 11.3 Å². The SMILES string of the molecule is Cc1ccc(-c2csc(NC(=O)COC(=O)c3[nH]c(=O)[nH]c(=O)c3N)n2)cc1. The minimum Gasteiger partial charge on any atom is -0.451 e. The van der Waals surface area contributed by atoms with E-state index in [1.807, 2.05) is 36.2 Å². The molecule has 0 unspecified atom stereocenters. The van der Waals surface area contributed by atoms with Gasteiger partial charge in [-0.1, -0.05) is 29.8 Å². The van der Waals surface area contributed by atoms with Gasteiger partial charge in [-0.25, -0.2) is 14.6 Å². The zero-order valence-electron chi connectivity index (χ0n) is 14.6. The first-order valence-corrected chi connectivity index (χ1v) is 8.83. The van der Waals surface area contributed by atoms with Crippen LogP contribution in [0.5, 0.6) is 0 Å². The zero-order valence-corrected chi connectivity index (χ0v) is 15.4. The van der Waals surface area contributed by atoms with Gasteiger partial charge in [0.25, 0.3) is 11.5 Å². The summed E-state index contributed by atoms with van der Waals surface area (Å²) in [6, 6.07) is 7.75. The van der Waals surface area contributed by atoms with E-state index in [2.05, 4.69) is 15.3 Å². The number of anilines is 2. The summed E-state index contributed by atoms with van der Waals surface area (Å²) in [6.45, 7) is 1.33. The number of carbonyl (C=O) groups excluding carboxylic acids is 2. The summed E-state index contributed by atoms with van der Waals surface area (Å²) in [4.78, 5) is 54.7. The second kappa shape index (κ2) is 7.88. The lowest BCUT2D eigenvalue weighted by Gasteiger charge is -2.05. The fourth-order valence-electron chi connectivity index (χ4n) is 2.20. The number of amides is 1. The van der Waals surface area contributed by atoms with E-state index < -0.39 is 41.1 Å². The van der Waals surface area contributed by atoms with Gasteiger partial charge in [0.1, 0.15) is 5.69 Å². The second-order valence-electron chi connectivity index (χ2n) is 5.73. The van der Waals surface area contributed by atoms with E-state index >= 15 is 0 Å². The third-order valence-corrected chi connectivity index (χ3v) is 4.37. The monoisotopic (exact) mass is 401 g/mol. The van der Waals surface area contributed by atoms with Gasteiger partial charge in [0.15, 0.2) is 17.4 Å². The number of benzene rings is 1. The third-order valence-electron chi connectivity index (χ3n) is 3.62. The number of carbonyl (C=O) groups is 2. The third kappa shape index (κ3) is 4.32. The molecule has 0 bridgehead atoms. The Labute approximate surface area is 161 Å². The van der Waals surface area contributed by atoms with Crippen molar-refractivity contribution in [3.63, 3.8) is 0 Å². The van der Waals surface area contributed by atoms with Crippen molar-refractivity contribution in [1.82, 2.24) is 15.0 Å². The van der Waals surface area contributed by atoms with Crippen LogP contribution in [0, 0.1) is 6.92 Å². The summed E-state index contributed by atoms with van der Waals surface area (Å²) >= 11 is 1.22. The molecule has 3 aromatic rings. The predicted molar refractivity (Wildman–Crippen MR) is 103 cm³/mol. The molecule has 5 N–H and O–H groups in total. The molecule has 0 saturated heterocycles. The Balaban J connectivity index is 1.61. The van der Waals surface area contributed by atoms with Crippen molar-refractivity contribution >= 4 is 34.0 Å². The van der Waals surface area contributed by atoms with Crippen molar-refractivity contribution in [3.8, 4) is 11.3 Å². The van der Waals surface area contributed by atoms with Gasteiger partial charge in [-0.15, -0.1) is 11.3 Å². The normalized spacial score (nSPS) is 10.5. The van der Waals surface area contributed by atoms with Gasteiger partial charge >= 0.3 is 11.7 Å². The first-order valence-electron chi connectivity index (χ1n) is 7.95. The Hall–Kier alpha value is -3.73. The molecule has 28 heavy (non-hydrogen) atoms. The van der Waals surface area contributed by atoms with E-state index in [0.29, 0.717) is 10.8 Å². The number of hydrogen-bond acceptors (Lipinski definition) is 8. The van der Waals surface area contributed by atoms with Crippen LogP contribution in [0.15, 0.2) is 39.2 Å². The highest BCUT2D eigenvalue weighted by Gasteiger charge is 2.17. The van der Waals surface area contributed by atoms with Gasteiger partial charge in [-0.05, 0) is 6.92 Å². The lowest BCUT2D eigenvalue weighted by atomic mass is 10.1. The molecule has 11 heteroatoms. The molecule has 1 aromatic carbocycles. The predicted octanol–water partition coefficient (Wildman–Crippen LogP) is 0.873.